The average Bonchev–Trinajstić information content (AvgIpc) is 3.42. The first-order chi connectivity index (χ1) is 18.2. The molecule has 2 saturated heterocycles. The predicted molar refractivity (Wildman–Crippen MR) is 141 cm³/mol. The summed E-state index contributed by atoms with van der Waals surface area (Å²) in [5.41, 5.74) is 1.61. The standard InChI is InChI=1S/C27H26F3N5O2S/c1-17-2-4-19(22(10-17)27(28,29)30)14-35-23-5-3-18(11-20(23)13-31-35)12-24-25(36)32-26(38-24)34-15-21(16-34)33-6-8-37-9-7-33/h2-5,10-13,21H,6-9,14-16H2,1H3/b24-12-. The molecule has 11 heteroatoms. The number of alkyl halides is 3. The Balaban J connectivity index is 1.15. The molecule has 0 N–H and O–H groups in total. The Hall–Kier alpha value is -3.15. The minimum atomic E-state index is -4.43. The maximum atomic E-state index is 13.6. The molecule has 1 amide bonds. The van der Waals surface area contributed by atoms with Crippen molar-refractivity contribution >= 4 is 39.8 Å². The van der Waals surface area contributed by atoms with Gasteiger partial charge in [0.2, 0.25) is 0 Å². The summed E-state index contributed by atoms with van der Waals surface area (Å²) in [7, 11) is 0. The summed E-state index contributed by atoms with van der Waals surface area (Å²) in [6.07, 6.45) is -0.993. The summed E-state index contributed by atoms with van der Waals surface area (Å²) in [6, 6.07) is 10.4. The van der Waals surface area contributed by atoms with Gasteiger partial charge in [-0.25, -0.2) is 0 Å². The number of morpholine rings is 1. The molecule has 0 radical (unpaired) electrons. The van der Waals surface area contributed by atoms with E-state index < -0.39 is 11.7 Å². The second kappa shape index (κ2) is 9.87. The van der Waals surface area contributed by atoms with Crippen LogP contribution in [0.15, 0.2) is 52.5 Å². The summed E-state index contributed by atoms with van der Waals surface area (Å²) in [6.45, 7) is 6.77. The number of rotatable bonds is 4. The molecule has 2 aromatic carbocycles. The van der Waals surface area contributed by atoms with Gasteiger partial charge in [-0.05, 0) is 54.1 Å². The van der Waals surface area contributed by atoms with Gasteiger partial charge in [0.25, 0.3) is 5.91 Å². The number of nitrogens with zero attached hydrogens (tertiary/aromatic N) is 5. The van der Waals surface area contributed by atoms with E-state index in [-0.39, 0.29) is 18.0 Å². The van der Waals surface area contributed by atoms with Crippen molar-refractivity contribution in [2.24, 2.45) is 4.99 Å². The van der Waals surface area contributed by atoms with Gasteiger partial charge in [-0.15, -0.1) is 0 Å². The lowest BCUT2D eigenvalue weighted by Gasteiger charge is -2.47. The second-order valence-corrected chi connectivity index (χ2v) is 10.8. The third-order valence-corrected chi connectivity index (χ3v) is 8.20. The van der Waals surface area contributed by atoms with Crippen LogP contribution in [0.1, 0.15) is 22.3 Å². The van der Waals surface area contributed by atoms with E-state index in [9.17, 15) is 18.0 Å². The number of thioether (sulfide) groups is 1. The Bertz CT molecular complexity index is 1450. The summed E-state index contributed by atoms with van der Waals surface area (Å²) in [5.74, 6) is -0.255. The summed E-state index contributed by atoms with van der Waals surface area (Å²) in [4.78, 5) is 22.0. The molecule has 1 aromatic heterocycles. The molecule has 0 saturated carbocycles. The maximum absolute atomic E-state index is 13.6. The smallest absolute Gasteiger partial charge is 0.379 e. The lowest BCUT2D eigenvalue weighted by molar-refractivity contribution is -0.138. The first-order valence-corrected chi connectivity index (χ1v) is 13.3. The molecule has 4 heterocycles. The van der Waals surface area contributed by atoms with Gasteiger partial charge in [0.1, 0.15) is 0 Å². The van der Waals surface area contributed by atoms with Crippen molar-refractivity contribution in [1.82, 2.24) is 19.6 Å². The van der Waals surface area contributed by atoms with Gasteiger partial charge in [0, 0.05) is 37.6 Å². The number of ether oxygens (including phenoxy) is 1. The van der Waals surface area contributed by atoms with Crippen molar-refractivity contribution in [2.45, 2.75) is 25.7 Å². The summed E-state index contributed by atoms with van der Waals surface area (Å²) < 4.78 is 47.7. The Morgan fingerprint density at radius 2 is 1.92 bits per heavy atom. The van der Waals surface area contributed by atoms with Crippen molar-refractivity contribution in [1.29, 1.82) is 0 Å². The maximum Gasteiger partial charge on any atom is 0.416 e. The van der Waals surface area contributed by atoms with Gasteiger partial charge in [-0.2, -0.15) is 23.3 Å². The summed E-state index contributed by atoms with van der Waals surface area (Å²) in [5, 5.41) is 5.86. The van der Waals surface area contributed by atoms with Crippen molar-refractivity contribution in [2.75, 3.05) is 39.4 Å². The van der Waals surface area contributed by atoms with E-state index in [1.54, 1.807) is 29.9 Å². The van der Waals surface area contributed by atoms with Crippen molar-refractivity contribution < 1.29 is 22.7 Å². The predicted octanol–water partition coefficient (Wildman–Crippen LogP) is 4.40. The molecule has 0 bridgehead atoms. The van der Waals surface area contributed by atoms with E-state index in [2.05, 4.69) is 19.9 Å². The van der Waals surface area contributed by atoms with Gasteiger partial charge in [-0.1, -0.05) is 23.8 Å². The Morgan fingerprint density at radius 3 is 2.68 bits per heavy atom. The molecule has 2 fully saturated rings. The van der Waals surface area contributed by atoms with Gasteiger partial charge in [0.05, 0.1) is 41.9 Å². The monoisotopic (exact) mass is 541 g/mol. The highest BCUT2D eigenvalue weighted by molar-refractivity contribution is 8.18. The van der Waals surface area contributed by atoms with Crippen molar-refractivity contribution in [3.8, 4) is 0 Å². The van der Waals surface area contributed by atoms with Crippen molar-refractivity contribution in [3.63, 3.8) is 0 Å². The number of amidine groups is 1. The topological polar surface area (TPSA) is 63.0 Å². The number of aliphatic imine (C=N–C) groups is 1. The highest BCUT2D eigenvalue weighted by Gasteiger charge is 2.37. The fraction of sp³-hybridized carbons (Fsp3) is 0.370. The van der Waals surface area contributed by atoms with E-state index in [0.29, 0.717) is 16.5 Å². The number of carbonyl (C=O) groups is 1. The molecule has 3 aliphatic rings. The van der Waals surface area contributed by atoms with Crippen LogP contribution < -0.4 is 0 Å². The number of halogens is 3. The summed E-state index contributed by atoms with van der Waals surface area (Å²) >= 11 is 1.38. The fourth-order valence-corrected chi connectivity index (χ4v) is 5.98. The molecule has 38 heavy (non-hydrogen) atoms. The van der Waals surface area contributed by atoms with Gasteiger partial charge in [0.15, 0.2) is 5.17 Å². The zero-order valence-electron chi connectivity index (χ0n) is 20.7. The molecule has 7 nitrogen and oxygen atoms in total. The SMILES string of the molecule is Cc1ccc(Cn2ncc3cc(/C=C4\SC(N5CC(N6CCOCC6)C5)=NC4=O)ccc32)c(C(F)(F)F)c1. The minimum Gasteiger partial charge on any atom is -0.379 e. The second-order valence-electron chi connectivity index (χ2n) is 9.80. The number of hydrogen-bond donors (Lipinski definition) is 0. The highest BCUT2D eigenvalue weighted by atomic mass is 32.2. The first kappa shape index (κ1) is 25.1. The molecule has 0 atom stereocenters. The number of fused-ring (bicyclic) bond motifs is 1. The third-order valence-electron chi connectivity index (χ3n) is 7.16. The molecule has 3 aliphatic heterocycles. The van der Waals surface area contributed by atoms with Crippen LogP contribution in [0.3, 0.4) is 0 Å². The Labute approximate surface area is 221 Å². The number of aryl methyl sites for hydroxylation is 1. The first-order valence-electron chi connectivity index (χ1n) is 12.5. The van der Waals surface area contributed by atoms with E-state index in [1.165, 1.54) is 23.9 Å². The Kier molecular flexibility index (Phi) is 6.53. The Morgan fingerprint density at radius 1 is 1.13 bits per heavy atom. The molecule has 3 aromatic rings. The average molecular weight is 542 g/mol. The third kappa shape index (κ3) is 4.97. The normalized spacial score (nSPS) is 20.4. The van der Waals surface area contributed by atoms with Crippen LogP contribution in [0.25, 0.3) is 17.0 Å². The van der Waals surface area contributed by atoms with E-state index >= 15 is 0 Å². The van der Waals surface area contributed by atoms with Crippen LogP contribution in [-0.4, -0.2) is 76.1 Å². The minimum absolute atomic E-state index is 0.00583. The number of benzene rings is 2. The lowest BCUT2D eigenvalue weighted by atomic mass is 10.0. The van der Waals surface area contributed by atoms with Crippen LogP contribution in [0, 0.1) is 6.92 Å². The molecular formula is C27H26F3N5O2S. The number of hydrogen-bond acceptors (Lipinski definition) is 6. The van der Waals surface area contributed by atoms with Crippen LogP contribution in [0.4, 0.5) is 13.2 Å². The largest absolute Gasteiger partial charge is 0.416 e. The van der Waals surface area contributed by atoms with Crippen LogP contribution in [0.5, 0.6) is 0 Å². The number of likely N-dealkylation sites (tertiary alicyclic amines) is 1. The number of amides is 1. The van der Waals surface area contributed by atoms with Gasteiger partial charge < -0.3 is 9.64 Å². The van der Waals surface area contributed by atoms with E-state index in [4.69, 9.17) is 4.74 Å². The van der Waals surface area contributed by atoms with Gasteiger partial charge >= 0.3 is 6.18 Å². The molecule has 0 unspecified atom stereocenters. The highest BCUT2D eigenvalue weighted by Crippen LogP contribution is 2.35. The van der Waals surface area contributed by atoms with Crippen molar-refractivity contribution in [3.05, 3.63) is 69.8 Å². The fourth-order valence-electron chi connectivity index (χ4n) is 5.04. The quantitative estimate of drug-likeness (QED) is 0.457. The lowest BCUT2D eigenvalue weighted by Crippen LogP contribution is -2.62. The molecule has 198 valence electrons. The molecular weight excluding hydrogens is 515 g/mol. The molecule has 6 rings (SSSR count). The molecule has 0 aliphatic carbocycles. The number of aromatic nitrogens is 2. The van der Waals surface area contributed by atoms with Crippen LogP contribution in [-0.2, 0) is 22.3 Å². The van der Waals surface area contributed by atoms with Crippen LogP contribution >= 0.6 is 11.8 Å². The zero-order valence-corrected chi connectivity index (χ0v) is 21.6. The molecule has 0 spiro atoms. The van der Waals surface area contributed by atoms with E-state index in [0.717, 1.165) is 61.0 Å². The number of carbonyl (C=O) groups excluding carboxylic acids is 1. The van der Waals surface area contributed by atoms with Crippen LogP contribution in [0.2, 0.25) is 0 Å². The van der Waals surface area contributed by atoms with E-state index in [1.807, 2.05) is 18.2 Å². The van der Waals surface area contributed by atoms with Gasteiger partial charge in [-0.3, -0.25) is 14.4 Å². The zero-order chi connectivity index (χ0) is 26.4.